The topological polar surface area (TPSA) is 41.6 Å². The molecule has 1 aliphatic carbocycles. The maximum Gasteiger partial charge on any atom is 0.410 e. The molecule has 0 spiro atoms. The van der Waals surface area contributed by atoms with Gasteiger partial charge in [-0.15, -0.1) is 11.3 Å². The van der Waals surface area contributed by atoms with Crippen molar-refractivity contribution in [3.63, 3.8) is 0 Å². The van der Waals surface area contributed by atoms with E-state index in [9.17, 15) is 4.79 Å². The second kappa shape index (κ2) is 7.98. The maximum absolute atomic E-state index is 15.1. The number of piperidine rings is 1. The number of carbonyl (C=O) groups is 1. The van der Waals surface area contributed by atoms with Crippen LogP contribution in [0.2, 0.25) is 0 Å². The molecule has 1 aliphatic heterocycles. The highest BCUT2D eigenvalue weighted by atomic mass is 32.1. The average molecular weight is 389 g/mol. The lowest BCUT2D eigenvalue weighted by molar-refractivity contribution is 0.0411. The summed E-state index contributed by atoms with van der Waals surface area (Å²) < 4.78 is 20.4. The lowest BCUT2D eigenvalue weighted by atomic mass is 9.93. The minimum atomic E-state index is -1.24. The van der Waals surface area contributed by atoms with Gasteiger partial charge in [0.15, 0.2) is 0 Å². The zero-order valence-corrected chi connectivity index (χ0v) is 16.1. The van der Waals surface area contributed by atoms with Crippen LogP contribution in [0.25, 0.3) is 0 Å². The van der Waals surface area contributed by atoms with E-state index in [-0.39, 0.29) is 12.7 Å². The second-order valence-electron chi connectivity index (χ2n) is 7.51. The molecule has 0 bridgehead atoms. The van der Waals surface area contributed by atoms with E-state index in [0.717, 1.165) is 11.3 Å². The first kappa shape index (κ1) is 18.4. The van der Waals surface area contributed by atoms with Crippen LogP contribution in [-0.2, 0) is 11.3 Å². The van der Waals surface area contributed by atoms with Gasteiger partial charge < -0.3 is 15.0 Å². The van der Waals surface area contributed by atoms with E-state index in [1.165, 1.54) is 5.56 Å². The second-order valence-corrected chi connectivity index (χ2v) is 8.54. The molecule has 2 fully saturated rings. The lowest BCUT2D eigenvalue weighted by Gasteiger charge is -2.36. The highest BCUT2D eigenvalue weighted by Gasteiger charge is 2.42. The van der Waals surface area contributed by atoms with Gasteiger partial charge in [-0.3, -0.25) is 0 Å². The minimum Gasteiger partial charge on any atom is -0.444 e. The number of nitrogens with zero attached hydrogens (tertiary/aromatic N) is 1. The fraction of sp³-hybridized carbons (Fsp3) is 0.476. The SMILES string of the molecule is O=C(OCc1cccs1)N1CCC(F)(CN[C@@H]2C[C@H]2c2ccccc2)CC1. The Morgan fingerprint density at radius 1 is 1.22 bits per heavy atom. The largest absolute Gasteiger partial charge is 0.444 e. The van der Waals surface area contributed by atoms with Crippen LogP contribution in [0.15, 0.2) is 47.8 Å². The summed E-state index contributed by atoms with van der Waals surface area (Å²) >= 11 is 1.56. The summed E-state index contributed by atoms with van der Waals surface area (Å²) in [6.07, 6.45) is 1.44. The van der Waals surface area contributed by atoms with E-state index < -0.39 is 5.67 Å². The molecule has 2 heterocycles. The van der Waals surface area contributed by atoms with E-state index in [4.69, 9.17) is 4.74 Å². The molecule has 2 aromatic rings. The molecule has 2 atom stereocenters. The summed E-state index contributed by atoms with van der Waals surface area (Å²) in [6, 6.07) is 14.6. The van der Waals surface area contributed by atoms with Crippen molar-refractivity contribution >= 4 is 17.4 Å². The maximum atomic E-state index is 15.1. The zero-order valence-electron chi connectivity index (χ0n) is 15.3. The lowest BCUT2D eigenvalue weighted by Crippen LogP contribution is -2.49. The van der Waals surface area contributed by atoms with Crippen molar-refractivity contribution in [1.29, 1.82) is 0 Å². The summed E-state index contributed by atoms with van der Waals surface area (Å²) in [4.78, 5) is 14.8. The van der Waals surface area contributed by atoms with Crippen LogP contribution in [-0.4, -0.2) is 42.3 Å². The Balaban J connectivity index is 1.18. The predicted octanol–water partition coefficient (Wildman–Crippen LogP) is 4.33. The van der Waals surface area contributed by atoms with Gasteiger partial charge in [-0.2, -0.15) is 0 Å². The molecule has 0 radical (unpaired) electrons. The fourth-order valence-corrected chi connectivity index (χ4v) is 4.30. The molecule has 1 amide bonds. The van der Waals surface area contributed by atoms with Crippen LogP contribution in [0.1, 0.15) is 35.6 Å². The molecule has 6 heteroatoms. The third-order valence-electron chi connectivity index (χ3n) is 5.53. The highest BCUT2D eigenvalue weighted by molar-refractivity contribution is 7.09. The van der Waals surface area contributed by atoms with Crippen LogP contribution in [0, 0.1) is 0 Å². The molecule has 27 heavy (non-hydrogen) atoms. The Morgan fingerprint density at radius 3 is 2.70 bits per heavy atom. The fourth-order valence-electron chi connectivity index (χ4n) is 3.69. The highest BCUT2D eigenvalue weighted by Crippen LogP contribution is 2.41. The quantitative estimate of drug-likeness (QED) is 0.801. The molecule has 1 aromatic carbocycles. The molecule has 1 aromatic heterocycles. The van der Waals surface area contributed by atoms with Gasteiger partial charge in [0.25, 0.3) is 0 Å². The Hall–Kier alpha value is -1.92. The van der Waals surface area contributed by atoms with Gasteiger partial charge >= 0.3 is 6.09 Å². The van der Waals surface area contributed by atoms with Crippen LogP contribution < -0.4 is 5.32 Å². The number of benzene rings is 1. The number of ether oxygens (including phenoxy) is 1. The normalized spacial score (nSPS) is 23.8. The van der Waals surface area contributed by atoms with Crippen molar-refractivity contribution < 1.29 is 13.9 Å². The average Bonchev–Trinajstić information content (AvgIpc) is 3.29. The zero-order chi connectivity index (χ0) is 18.7. The van der Waals surface area contributed by atoms with E-state index in [1.54, 1.807) is 16.2 Å². The van der Waals surface area contributed by atoms with Crippen LogP contribution in [0.3, 0.4) is 0 Å². The summed E-state index contributed by atoms with van der Waals surface area (Å²) in [6.45, 7) is 1.47. The number of likely N-dealkylation sites (tertiary alicyclic amines) is 1. The first-order valence-corrected chi connectivity index (χ1v) is 10.4. The van der Waals surface area contributed by atoms with Gasteiger partial charge in [0, 0.05) is 49.3 Å². The standard InChI is InChI=1S/C21H25FN2O2S/c22-21(15-23-19-13-18(19)16-5-2-1-3-6-16)8-10-24(11-9-21)20(25)26-14-17-7-4-12-27-17/h1-7,12,18-19,23H,8-11,13-15H2/t18-,19+/m0/s1. The Labute approximate surface area is 163 Å². The van der Waals surface area contributed by atoms with Crippen molar-refractivity contribution in [2.45, 2.75) is 43.5 Å². The monoisotopic (exact) mass is 388 g/mol. The molecule has 0 unspecified atom stereocenters. The smallest absolute Gasteiger partial charge is 0.410 e. The van der Waals surface area contributed by atoms with Crippen LogP contribution >= 0.6 is 11.3 Å². The van der Waals surface area contributed by atoms with Gasteiger partial charge in [0.2, 0.25) is 0 Å². The van der Waals surface area contributed by atoms with Crippen molar-refractivity contribution in [3.8, 4) is 0 Å². The van der Waals surface area contributed by atoms with Crippen LogP contribution in [0.4, 0.5) is 9.18 Å². The van der Waals surface area contributed by atoms with E-state index >= 15 is 4.39 Å². The van der Waals surface area contributed by atoms with Gasteiger partial charge in [-0.05, 0) is 23.4 Å². The number of hydrogen-bond donors (Lipinski definition) is 1. The molecule has 2 aliphatic rings. The van der Waals surface area contributed by atoms with Gasteiger partial charge in [-0.25, -0.2) is 9.18 Å². The van der Waals surface area contributed by atoms with Crippen molar-refractivity contribution in [2.75, 3.05) is 19.6 Å². The van der Waals surface area contributed by atoms with E-state index in [2.05, 4.69) is 29.6 Å². The molecule has 4 rings (SSSR count). The first-order chi connectivity index (χ1) is 13.1. The molecule has 1 saturated heterocycles. The number of halogens is 1. The van der Waals surface area contributed by atoms with E-state index in [1.807, 2.05) is 23.6 Å². The van der Waals surface area contributed by atoms with Crippen molar-refractivity contribution in [3.05, 3.63) is 58.3 Å². The Morgan fingerprint density at radius 2 is 2.00 bits per heavy atom. The molecule has 4 nitrogen and oxygen atoms in total. The summed E-state index contributed by atoms with van der Waals surface area (Å²) in [5, 5.41) is 5.35. The third kappa shape index (κ3) is 4.68. The number of carbonyl (C=O) groups excluding carboxylic acids is 1. The van der Waals surface area contributed by atoms with Gasteiger partial charge in [0.1, 0.15) is 12.3 Å². The summed E-state index contributed by atoms with van der Waals surface area (Å²) in [5.74, 6) is 0.502. The summed E-state index contributed by atoms with van der Waals surface area (Å²) in [5.41, 5.74) is 0.0835. The van der Waals surface area contributed by atoms with Gasteiger partial charge in [0.05, 0.1) is 0 Å². The molecule has 144 valence electrons. The number of nitrogens with one attached hydrogen (secondary N) is 1. The molecular formula is C21H25FN2O2S. The molecule has 1 saturated carbocycles. The Bertz CT molecular complexity index is 745. The predicted molar refractivity (Wildman–Crippen MR) is 105 cm³/mol. The van der Waals surface area contributed by atoms with Crippen molar-refractivity contribution in [1.82, 2.24) is 10.2 Å². The summed E-state index contributed by atoms with van der Waals surface area (Å²) in [7, 11) is 0. The van der Waals surface area contributed by atoms with E-state index in [0.29, 0.717) is 44.4 Å². The third-order valence-corrected chi connectivity index (χ3v) is 6.38. The Kier molecular flexibility index (Phi) is 5.45. The van der Waals surface area contributed by atoms with Crippen molar-refractivity contribution in [2.24, 2.45) is 0 Å². The molecular weight excluding hydrogens is 363 g/mol. The van der Waals surface area contributed by atoms with Gasteiger partial charge in [-0.1, -0.05) is 36.4 Å². The van der Waals surface area contributed by atoms with Crippen LogP contribution in [0.5, 0.6) is 0 Å². The number of rotatable bonds is 6. The number of alkyl halides is 1. The molecule has 1 N–H and O–H groups in total. The number of thiophene rings is 1. The first-order valence-electron chi connectivity index (χ1n) is 9.54. The minimum absolute atomic E-state index is 0.290. The number of amides is 1. The number of hydrogen-bond acceptors (Lipinski definition) is 4.